The largest absolute Gasteiger partial charge is 0.508 e. The van der Waals surface area contributed by atoms with Crippen molar-refractivity contribution in [3.05, 3.63) is 65.7 Å². The number of phenols is 1. The Kier molecular flexibility index (Phi) is 10.7. The third kappa shape index (κ3) is 8.28. The molecule has 2 aliphatic rings. The fourth-order valence-electron chi connectivity index (χ4n) is 4.24. The van der Waals surface area contributed by atoms with Crippen molar-refractivity contribution < 1.29 is 13.5 Å². The minimum absolute atomic E-state index is 0.237. The van der Waals surface area contributed by atoms with Gasteiger partial charge < -0.3 is 10.0 Å². The summed E-state index contributed by atoms with van der Waals surface area (Å²) in [6.07, 6.45) is 3.12. The lowest BCUT2D eigenvalue weighted by Crippen LogP contribution is -2.41. The molecule has 0 amide bonds. The maximum atomic E-state index is 11.2. The predicted octanol–water partition coefficient (Wildman–Crippen LogP) is 2.24. The molecule has 1 fully saturated rings. The normalized spacial score (nSPS) is 18.6. The Morgan fingerprint density at radius 2 is 1.69 bits per heavy atom. The van der Waals surface area contributed by atoms with E-state index < -0.39 is 10.2 Å². The van der Waals surface area contributed by atoms with Gasteiger partial charge in [0.25, 0.3) is 10.2 Å². The molecule has 2 aromatic rings. The van der Waals surface area contributed by atoms with Gasteiger partial charge in [0.1, 0.15) is 5.75 Å². The van der Waals surface area contributed by atoms with Gasteiger partial charge in [-0.25, -0.2) is 4.72 Å². The molecule has 2 heterocycles. The topological polar surface area (TPSA) is 101 Å². The Morgan fingerprint density at radius 1 is 1.03 bits per heavy atom. The van der Waals surface area contributed by atoms with Crippen LogP contribution in [0.4, 0.5) is 0 Å². The van der Waals surface area contributed by atoms with E-state index in [4.69, 9.17) is 5.10 Å². The third-order valence-corrected chi connectivity index (χ3v) is 7.84. The van der Waals surface area contributed by atoms with E-state index in [1.54, 1.807) is 12.1 Å². The lowest BCUT2D eigenvalue weighted by molar-refractivity contribution is 0.276. The Morgan fingerprint density at radius 3 is 2.31 bits per heavy atom. The van der Waals surface area contributed by atoms with Gasteiger partial charge in [-0.15, -0.1) is 0 Å². The van der Waals surface area contributed by atoms with Crippen LogP contribution in [0, 0.1) is 0 Å². The number of aromatic hydroxyl groups is 1. The number of rotatable bonds is 9. The monoisotopic (exact) mass is 516 g/mol. The second-order valence-electron chi connectivity index (χ2n) is 9.31. The van der Waals surface area contributed by atoms with Gasteiger partial charge in [0.05, 0.1) is 18.9 Å². The van der Waals surface area contributed by atoms with Crippen LogP contribution >= 0.6 is 0 Å². The number of piperidine rings is 1. The summed E-state index contributed by atoms with van der Waals surface area (Å²) in [5.74, 6) is 0.516. The molecular formula is C26H40N6O3S. The number of phenolic OH excluding ortho intramolecular Hbond substituents is 1. The second-order valence-corrected chi connectivity index (χ2v) is 11.2. The molecule has 0 spiro atoms. The zero-order valence-electron chi connectivity index (χ0n) is 21.6. The highest BCUT2D eigenvalue weighted by Crippen LogP contribution is 2.29. The van der Waals surface area contributed by atoms with E-state index in [1.165, 1.54) is 16.9 Å². The summed E-state index contributed by atoms with van der Waals surface area (Å²) in [6.45, 7) is 4.87. The zero-order chi connectivity index (χ0) is 26.0. The fraction of sp³-hybridized carbons (Fsp3) is 0.500. The van der Waals surface area contributed by atoms with E-state index in [0.717, 1.165) is 56.8 Å². The molecule has 1 atom stereocenters. The van der Waals surface area contributed by atoms with Crippen molar-refractivity contribution in [3.8, 4) is 5.75 Å². The molecule has 2 aliphatic heterocycles. The number of likely N-dealkylation sites (N-methyl/N-ethyl adjacent to an activating group) is 1. The maximum Gasteiger partial charge on any atom is 0.279 e. The standard InChI is InChI=1S/C20H26N4O.C6H14N2O2S/c1-23(2)13-12-21-15-24-14-19(16-6-4-3-5-7-16)20(22-24)17-8-10-18(25)11-9-17;1-7-11(9,10)8-5-3-2-4-6-8/h3-11,19,21,25H,12-15H2,1-2H3;7H,2-6H2,1H3. The molecule has 0 saturated carbocycles. The van der Waals surface area contributed by atoms with Gasteiger partial charge in [-0.3, -0.25) is 10.3 Å². The minimum atomic E-state index is -3.14. The van der Waals surface area contributed by atoms with Crippen molar-refractivity contribution in [2.45, 2.75) is 25.2 Å². The number of nitrogens with one attached hydrogen (secondary N) is 2. The number of nitrogens with zero attached hydrogens (tertiary/aromatic N) is 4. The number of hydrazone groups is 1. The maximum absolute atomic E-state index is 11.2. The first-order valence-corrected chi connectivity index (χ1v) is 14.0. The van der Waals surface area contributed by atoms with E-state index in [9.17, 15) is 13.5 Å². The summed E-state index contributed by atoms with van der Waals surface area (Å²) in [6, 6.07) is 17.8. The van der Waals surface area contributed by atoms with E-state index in [0.29, 0.717) is 13.1 Å². The van der Waals surface area contributed by atoms with Crippen LogP contribution in [0.1, 0.15) is 36.3 Å². The second kappa shape index (κ2) is 13.7. The van der Waals surface area contributed by atoms with Crippen LogP contribution in [0.2, 0.25) is 0 Å². The van der Waals surface area contributed by atoms with Crippen LogP contribution in [0.25, 0.3) is 0 Å². The van der Waals surface area contributed by atoms with Crippen molar-refractivity contribution in [1.82, 2.24) is 24.3 Å². The molecule has 10 heteroatoms. The Labute approximate surface area is 216 Å². The highest BCUT2D eigenvalue weighted by molar-refractivity contribution is 7.87. The molecule has 0 aromatic heterocycles. The molecule has 36 heavy (non-hydrogen) atoms. The highest BCUT2D eigenvalue weighted by Gasteiger charge is 2.28. The van der Waals surface area contributed by atoms with Crippen molar-refractivity contribution >= 4 is 15.9 Å². The molecule has 1 unspecified atom stereocenters. The van der Waals surface area contributed by atoms with Gasteiger partial charge >= 0.3 is 0 Å². The minimum Gasteiger partial charge on any atom is -0.508 e. The number of hydrogen-bond donors (Lipinski definition) is 3. The van der Waals surface area contributed by atoms with Crippen LogP contribution in [0.15, 0.2) is 59.7 Å². The van der Waals surface area contributed by atoms with Crippen LogP contribution in [-0.2, 0) is 10.2 Å². The Balaban J connectivity index is 0.000000275. The number of benzene rings is 2. The van der Waals surface area contributed by atoms with Gasteiger partial charge in [-0.05, 0) is 62.3 Å². The predicted molar refractivity (Wildman–Crippen MR) is 145 cm³/mol. The Bertz CT molecular complexity index is 1050. The van der Waals surface area contributed by atoms with E-state index >= 15 is 0 Å². The summed E-state index contributed by atoms with van der Waals surface area (Å²) in [5, 5.41) is 20.0. The van der Waals surface area contributed by atoms with Gasteiger partial charge in [0, 0.05) is 39.1 Å². The first-order chi connectivity index (χ1) is 17.3. The molecule has 3 N–H and O–H groups in total. The van der Waals surface area contributed by atoms with Crippen LogP contribution < -0.4 is 10.0 Å². The Hall–Kier alpha value is -2.50. The first kappa shape index (κ1) is 28.1. The van der Waals surface area contributed by atoms with Gasteiger partial charge in [0.15, 0.2) is 0 Å². The zero-order valence-corrected chi connectivity index (χ0v) is 22.4. The molecule has 1 saturated heterocycles. The molecule has 0 radical (unpaired) electrons. The SMILES string of the molecule is CN(C)CCNCN1CC(c2ccccc2)C(c2ccc(O)cc2)=N1.CNS(=O)(=O)N1CCCCC1. The van der Waals surface area contributed by atoms with E-state index in [1.807, 2.05) is 18.2 Å². The molecule has 0 aliphatic carbocycles. The van der Waals surface area contributed by atoms with Gasteiger partial charge in [-0.2, -0.15) is 17.8 Å². The fourth-order valence-corrected chi connectivity index (χ4v) is 5.24. The first-order valence-electron chi connectivity index (χ1n) is 12.5. The smallest absolute Gasteiger partial charge is 0.279 e. The van der Waals surface area contributed by atoms with Crippen molar-refractivity contribution in [3.63, 3.8) is 0 Å². The summed E-state index contributed by atoms with van der Waals surface area (Å²) in [5.41, 5.74) is 3.38. The van der Waals surface area contributed by atoms with Gasteiger partial charge in [0.2, 0.25) is 0 Å². The van der Waals surface area contributed by atoms with Crippen LogP contribution in [0.5, 0.6) is 5.75 Å². The lowest BCUT2D eigenvalue weighted by atomic mass is 9.91. The summed E-state index contributed by atoms with van der Waals surface area (Å²) in [4.78, 5) is 2.16. The van der Waals surface area contributed by atoms with E-state index in [2.05, 4.69) is 58.3 Å². The van der Waals surface area contributed by atoms with Crippen LogP contribution in [-0.4, -0.2) is 94.0 Å². The van der Waals surface area contributed by atoms with E-state index in [-0.39, 0.29) is 11.7 Å². The van der Waals surface area contributed by atoms with Crippen molar-refractivity contribution in [2.24, 2.45) is 5.10 Å². The molecule has 2 aromatic carbocycles. The summed E-state index contributed by atoms with van der Waals surface area (Å²) >= 11 is 0. The van der Waals surface area contributed by atoms with Crippen molar-refractivity contribution in [2.75, 3.05) is 60.5 Å². The highest BCUT2D eigenvalue weighted by atomic mass is 32.2. The molecule has 0 bridgehead atoms. The molecule has 4 rings (SSSR count). The number of hydrogen-bond acceptors (Lipinski definition) is 7. The quantitative estimate of drug-likeness (QED) is 0.442. The van der Waals surface area contributed by atoms with Crippen LogP contribution in [0.3, 0.4) is 0 Å². The average Bonchev–Trinajstić information content (AvgIpc) is 3.32. The third-order valence-electron chi connectivity index (χ3n) is 6.28. The summed E-state index contributed by atoms with van der Waals surface area (Å²) < 4.78 is 26.1. The van der Waals surface area contributed by atoms with Gasteiger partial charge in [-0.1, -0.05) is 36.8 Å². The molecule has 198 valence electrons. The lowest BCUT2D eigenvalue weighted by Gasteiger charge is -2.24. The average molecular weight is 517 g/mol. The molecule has 9 nitrogen and oxygen atoms in total. The molecular weight excluding hydrogens is 476 g/mol. The summed E-state index contributed by atoms with van der Waals surface area (Å²) in [7, 11) is 2.46. The van der Waals surface area contributed by atoms with Crippen molar-refractivity contribution in [1.29, 1.82) is 0 Å².